The Labute approximate surface area is 225 Å². The van der Waals surface area contributed by atoms with E-state index in [2.05, 4.69) is 9.71 Å². The molecule has 5 rings (SSSR count). The van der Waals surface area contributed by atoms with Crippen LogP contribution < -0.4 is 9.62 Å². The molecular weight excluding hydrogens is 559 g/mol. The number of anilines is 2. The van der Waals surface area contributed by atoms with E-state index in [0.717, 1.165) is 0 Å². The number of halogens is 2. The maximum Gasteiger partial charge on any atom is 0.269 e. The first-order valence-electron chi connectivity index (χ1n) is 10.7. The van der Waals surface area contributed by atoms with Crippen LogP contribution in [0.2, 0.25) is 5.02 Å². The third-order valence-electron chi connectivity index (χ3n) is 5.72. The molecule has 37 heavy (non-hydrogen) atoms. The number of nitrogens with zero attached hydrogens (tertiary/aromatic N) is 3. The van der Waals surface area contributed by atoms with Crippen molar-refractivity contribution in [2.45, 2.75) is 16.3 Å². The molecule has 1 fully saturated rings. The number of non-ortho nitro benzene ring substituents is 1. The first-order valence-corrected chi connectivity index (χ1v) is 13.9. The monoisotopic (exact) mass is 574 g/mol. The van der Waals surface area contributed by atoms with Gasteiger partial charge in [0, 0.05) is 28.1 Å². The minimum absolute atomic E-state index is 0.0461. The van der Waals surface area contributed by atoms with Crippen molar-refractivity contribution in [3.05, 3.63) is 98.9 Å². The number of β-lactam (4-membered cyclic amide) rings is 1. The van der Waals surface area contributed by atoms with Gasteiger partial charge in [-0.15, -0.1) is 22.9 Å². The SMILES string of the molecule is O=C1C(Cl)C(c2cccc([N+](=O)[O-])c2)N1c1nc(-c2ccccc2NS(=O)(=O)c2ccc(Cl)cc2)cs1. The number of para-hydroxylation sites is 1. The van der Waals surface area contributed by atoms with Gasteiger partial charge in [-0.3, -0.25) is 24.5 Å². The lowest BCUT2D eigenvalue weighted by Crippen LogP contribution is -2.56. The van der Waals surface area contributed by atoms with E-state index in [1.165, 1.54) is 58.7 Å². The number of benzene rings is 3. The van der Waals surface area contributed by atoms with Crippen LogP contribution >= 0.6 is 34.5 Å². The van der Waals surface area contributed by atoms with Crippen molar-refractivity contribution in [1.82, 2.24) is 4.98 Å². The van der Waals surface area contributed by atoms with E-state index in [1.54, 1.807) is 35.7 Å². The van der Waals surface area contributed by atoms with Crippen molar-refractivity contribution in [2.75, 3.05) is 9.62 Å². The molecule has 2 unspecified atom stereocenters. The minimum Gasteiger partial charge on any atom is -0.279 e. The van der Waals surface area contributed by atoms with Gasteiger partial charge in [0.1, 0.15) is 5.38 Å². The summed E-state index contributed by atoms with van der Waals surface area (Å²) < 4.78 is 28.4. The Morgan fingerprint density at radius 3 is 2.51 bits per heavy atom. The summed E-state index contributed by atoms with van der Waals surface area (Å²) in [6, 6.07) is 17.8. The molecule has 188 valence electrons. The van der Waals surface area contributed by atoms with Gasteiger partial charge in [0.2, 0.25) is 5.91 Å². The number of sulfonamides is 1. The Hall–Kier alpha value is -3.51. The van der Waals surface area contributed by atoms with Gasteiger partial charge in [0.15, 0.2) is 5.13 Å². The van der Waals surface area contributed by atoms with Crippen molar-refractivity contribution >= 4 is 67.0 Å². The number of nitrogens with one attached hydrogen (secondary N) is 1. The smallest absolute Gasteiger partial charge is 0.269 e. The van der Waals surface area contributed by atoms with Gasteiger partial charge in [0.05, 0.1) is 27.2 Å². The van der Waals surface area contributed by atoms with Crippen molar-refractivity contribution in [1.29, 1.82) is 0 Å². The highest BCUT2D eigenvalue weighted by atomic mass is 35.5. The lowest BCUT2D eigenvalue weighted by molar-refractivity contribution is -0.384. The van der Waals surface area contributed by atoms with E-state index >= 15 is 0 Å². The summed E-state index contributed by atoms with van der Waals surface area (Å²) in [6.07, 6.45) is 0. The predicted molar refractivity (Wildman–Crippen MR) is 143 cm³/mol. The molecule has 0 aliphatic carbocycles. The van der Waals surface area contributed by atoms with Gasteiger partial charge in [-0.2, -0.15) is 0 Å². The molecule has 3 aromatic carbocycles. The highest BCUT2D eigenvalue weighted by Gasteiger charge is 2.49. The molecule has 13 heteroatoms. The van der Waals surface area contributed by atoms with Gasteiger partial charge in [-0.25, -0.2) is 13.4 Å². The molecule has 2 atom stereocenters. The van der Waals surface area contributed by atoms with E-state index in [9.17, 15) is 23.3 Å². The zero-order valence-electron chi connectivity index (χ0n) is 18.6. The first-order chi connectivity index (χ1) is 17.7. The van der Waals surface area contributed by atoms with Crippen LogP contribution in [0.3, 0.4) is 0 Å². The summed E-state index contributed by atoms with van der Waals surface area (Å²) in [5, 5.41) is 12.8. The van der Waals surface area contributed by atoms with Crippen molar-refractivity contribution < 1.29 is 18.1 Å². The second-order valence-electron chi connectivity index (χ2n) is 8.03. The number of hydrogen-bond acceptors (Lipinski definition) is 7. The Morgan fingerprint density at radius 2 is 1.78 bits per heavy atom. The Balaban J connectivity index is 1.45. The lowest BCUT2D eigenvalue weighted by Gasteiger charge is -2.42. The number of carbonyl (C=O) groups excluding carboxylic acids is 1. The first kappa shape index (κ1) is 25.2. The van der Waals surface area contributed by atoms with E-state index < -0.39 is 26.4 Å². The number of aromatic nitrogens is 1. The van der Waals surface area contributed by atoms with Crippen LogP contribution in [0.25, 0.3) is 11.3 Å². The molecule has 2 heterocycles. The highest BCUT2D eigenvalue weighted by Crippen LogP contribution is 2.45. The summed E-state index contributed by atoms with van der Waals surface area (Å²) in [4.78, 5) is 29.4. The summed E-state index contributed by atoms with van der Waals surface area (Å²) >= 11 is 13.3. The molecule has 1 aliphatic rings. The Morgan fingerprint density at radius 1 is 1.05 bits per heavy atom. The zero-order valence-corrected chi connectivity index (χ0v) is 21.8. The molecule has 0 radical (unpaired) electrons. The van der Waals surface area contributed by atoms with E-state index in [0.29, 0.717) is 32.7 Å². The fourth-order valence-electron chi connectivity index (χ4n) is 3.92. The number of amides is 1. The second kappa shape index (κ2) is 9.75. The highest BCUT2D eigenvalue weighted by molar-refractivity contribution is 7.92. The quantitative estimate of drug-likeness (QED) is 0.127. The van der Waals surface area contributed by atoms with Crippen LogP contribution in [0.1, 0.15) is 11.6 Å². The molecule has 1 aliphatic heterocycles. The summed E-state index contributed by atoms with van der Waals surface area (Å²) in [5.41, 5.74) is 1.65. The fourth-order valence-corrected chi connectivity index (χ4v) is 6.35. The predicted octanol–water partition coefficient (Wildman–Crippen LogP) is 5.87. The average Bonchev–Trinajstić information content (AvgIpc) is 3.36. The van der Waals surface area contributed by atoms with Gasteiger partial charge in [-0.1, -0.05) is 41.9 Å². The van der Waals surface area contributed by atoms with Crippen LogP contribution in [-0.4, -0.2) is 29.6 Å². The molecule has 1 N–H and O–H groups in total. The second-order valence-corrected chi connectivity index (χ2v) is 11.5. The van der Waals surface area contributed by atoms with Gasteiger partial charge in [-0.05, 0) is 35.9 Å². The van der Waals surface area contributed by atoms with Crippen LogP contribution in [0, 0.1) is 10.1 Å². The molecular formula is C24H16Cl2N4O5S2. The summed E-state index contributed by atoms with van der Waals surface area (Å²) in [5.74, 6) is -0.379. The van der Waals surface area contributed by atoms with E-state index in [1.807, 2.05) is 0 Å². The Kier molecular flexibility index (Phi) is 6.63. The van der Waals surface area contributed by atoms with Crippen LogP contribution in [0.5, 0.6) is 0 Å². The van der Waals surface area contributed by atoms with Crippen molar-refractivity contribution in [3.63, 3.8) is 0 Å². The normalized spacial score (nSPS) is 17.4. The minimum atomic E-state index is -3.91. The largest absolute Gasteiger partial charge is 0.279 e. The van der Waals surface area contributed by atoms with Crippen molar-refractivity contribution in [2.24, 2.45) is 0 Å². The molecule has 0 bridgehead atoms. The molecule has 0 saturated carbocycles. The summed E-state index contributed by atoms with van der Waals surface area (Å²) in [7, 11) is -3.91. The number of alkyl halides is 1. The fraction of sp³-hybridized carbons (Fsp3) is 0.0833. The molecule has 1 aromatic heterocycles. The van der Waals surface area contributed by atoms with E-state index in [4.69, 9.17) is 23.2 Å². The molecule has 0 spiro atoms. The number of rotatable bonds is 7. The maximum atomic E-state index is 12.9. The molecule has 4 aromatic rings. The molecule has 9 nitrogen and oxygen atoms in total. The van der Waals surface area contributed by atoms with Crippen LogP contribution in [-0.2, 0) is 14.8 Å². The maximum absolute atomic E-state index is 12.9. The summed E-state index contributed by atoms with van der Waals surface area (Å²) in [6.45, 7) is 0. The average molecular weight is 575 g/mol. The standard InChI is InChI=1S/C24H16Cl2N4O5S2/c25-15-8-10-17(11-9-15)37(34,35)28-19-7-2-1-6-18(19)20-13-36-24(27-20)29-22(21(26)23(29)31)14-4-3-5-16(12-14)30(32)33/h1-13,21-22,28H. The third kappa shape index (κ3) is 4.78. The zero-order chi connectivity index (χ0) is 26.3. The van der Waals surface area contributed by atoms with Crippen LogP contribution in [0.4, 0.5) is 16.5 Å². The lowest BCUT2D eigenvalue weighted by atomic mass is 9.93. The Bertz CT molecular complexity index is 1630. The number of nitro benzene ring substituents is 1. The number of thiazole rings is 1. The molecule has 1 amide bonds. The van der Waals surface area contributed by atoms with Crippen LogP contribution in [0.15, 0.2) is 83.1 Å². The third-order valence-corrected chi connectivity index (χ3v) is 8.62. The van der Waals surface area contributed by atoms with Gasteiger partial charge < -0.3 is 0 Å². The number of carbonyl (C=O) groups is 1. The topological polar surface area (TPSA) is 123 Å². The van der Waals surface area contributed by atoms with E-state index in [-0.39, 0.29) is 16.5 Å². The van der Waals surface area contributed by atoms with Gasteiger partial charge in [0.25, 0.3) is 15.7 Å². The van der Waals surface area contributed by atoms with Gasteiger partial charge >= 0.3 is 0 Å². The molecule has 1 saturated heterocycles. The number of hydrogen-bond donors (Lipinski definition) is 1. The van der Waals surface area contributed by atoms with Crippen molar-refractivity contribution in [3.8, 4) is 11.3 Å². The number of nitro groups is 1.